The van der Waals surface area contributed by atoms with Crippen molar-refractivity contribution >= 4 is 10.9 Å². The second kappa shape index (κ2) is 7.08. The van der Waals surface area contributed by atoms with E-state index >= 15 is 0 Å². The van der Waals surface area contributed by atoms with E-state index in [1.54, 1.807) is 19.2 Å². The minimum atomic E-state index is -0.222. The normalized spacial score (nSPS) is 21.0. The van der Waals surface area contributed by atoms with Crippen molar-refractivity contribution in [1.82, 2.24) is 14.4 Å². The van der Waals surface area contributed by atoms with Crippen LogP contribution in [0.15, 0.2) is 42.5 Å². The van der Waals surface area contributed by atoms with Crippen LogP contribution in [0, 0.1) is 5.82 Å². The molecule has 6 heteroatoms. The zero-order chi connectivity index (χ0) is 21.0. The van der Waals surface area contributed by atoms with E-state index < -0.39 is 0 Å². The Morgan fingerprint density at radius 1 is 1.13 bits per heavy atom. The second-order valence-electron chi connectivity index (χ2n) is 8.89. The quantitative estimate of drug-likeness (QED) is 0.719. The Hall–Kier alpha value is -2.41. The highest BCUT2D eigenvalue weighted by atomic mass is 19.1. The van der Waals surface area contributed by atoms with Crippen LogP contribution in [-0.4, -0.2) is 59.9 Å². The molecule has 2 aliphatic rings. The number of fused-ring (bicyclic) bond motifs is 4. The van der Waals surface area contributed by atoms with E-state index in [0.717, 1.165) is 42.2 Å². The van der Waals surface area contributed by atoms with E-state index in [0.29, 0.717) is 6.54 Å². The van der Waals surface area contributed by atoms with Crippen molar-refractivity contribution in [2.75, 3.05) is 40.4 Å². The lowest BCUT2D eigenvalue weighted by Gasteiger charge is -2.55. The van der Waals surface area contributed by atoms with E-state index in [9.17, 15) is 9.50 Å². The number of aryl methyl sites for hydroxylation is 1. The third-order valence-corrected chi connectivity index (χ3v) is 6.84. The van der Waals surface area contributed by atoms with E-state index in [1.807, 2.05) is 12.1 Å². The lowest BCUT2D eigenvalue weighted by molar-refractivity contribution is 0.00289. The molecular formula is C24H28FN3O2. The van der Waals surface area contributed by atoms with Gasteiger partial charge < -0.3 is 19.3 Å². The summed E-state index contributed by atoms with van der Waals surface area (Å²) in [5.41, 5.74) is 4.59. The van der Waals surface area contributed by atoms with Gasteiger partial charge in [0.2, 0.25) is 0 Å². The van der Waals surface area contributed by atoms with Gasteiger partial charge in [-0.25, -0.2) is 4.39 Å². The fourth-order valence-electron chi connectivity index (χ4n) is 5.74. The van der Waals surface area contributed by atoms with Crippen LogP contribution < -0.4 is 4.74 Å². The number of benzene rings is 2. The van der Waals surface area contributed by atoms with Gasteiger partial charge in [0, 0.05) is 55.8 Å². The first-order valence-corrected chi connectivity index (χ1v) is 10.4. The number of ether oxygens (including phenoxy) is 1. The van der Waals surface area contributed by atoms with Gasteiger partial charge in [0.15, 0.2) is 0 Å². The smallest absolute Gasteiger partial charge is 0.123 e. The molecule has 2 aliphatic heterocycles. The van der Waals surface area contributed by atoms with E-state index in [1.165, 1.54) is 17.0 Å². The van der Waals surface area contributed by atoms with Gasteiger partial charge in [0.25, 0.3) is 0 Å². The largest absolute Gasteiger partial charge is 0.497 e. The van der Waals surface area contributed by atoms with Gasteiger partial charge in [0.05, 0.1) is 25.3 Å². The molecule has 0 radical (unpaired) electrons. The van der Waals surface area contributed by atoms with E-state index in [-0.39, 0.29) is 23.9 Å². The van der Waals surface area contributed by atoms with Crippen LogP contribution in [-0.2, 0) is 19.0 Å². The molecule has 30 heavy (non-hydrogen) atoms. The van der Waals surface area contributed by atoms with Crippen molar-refractivity contribution in [3.05, 3.63) is 65.1 Å². The molecule has 1 aromatic heterocycles. The van der Waals surface area contributed by atoms with Crippen LogP contribution in [0.4, 0.5) is 4.39 Å². The minimum Gasteiger partial charge on any atom is -0.497 e. The van der Waals surface area contributed by atoms with Crippen molar-refractivity contribution in [3.63, 3.8) is 0 Å². The average Bonchev–Trinajstić information content (AvgIpc) is 3.00. The number of halogens is 1. The fraction of sp³-hybridized carbons (Fsp3) is 0.417. The molecule has 1 saturated heterocycles. The van der Waals surface area contributed by atoms with Gasteiger partial charge >= 0.3 is 0 Å². The lowest BCUT2D eigenvalue weighted by atomic mass is 9.69. The van der Waals surface area contributed by atoms with Crippen LogP contribution in [0.2, 0.25) is 0 Å². The number of aliphatic hydroxyl groups is 1. The monoisotopic (exact) mass is 409 g/mol. The van der Waals surface area contributed by atoms with Gasteiger partial charge in [-0.2, -0.15) is 0 Å². The Balaban J connectivity index is 1.66. The highest BCUT2D eigenvalue weighted by Crippen LogP contribution is 2.49. The number of nitrogens with zero attached hydrogens (tertiary/aromatic N) is 3. The van der Waals surface area contributed by atoms with Gasteiger partial charge in [-0.1, -0.05) is 12.1 Å². The number of aromatic nitrogens is 1. The van der Waals surface area contributed by atoms with Crippen molar-refractivity contribution in [3.8, 4) is 5.75 Å². The second-order valence-corrected chi connectivity index (χ2v) is 8.89. The molecule has 0 amide bonds. The average molecular weight is 410 g/mol. The van der Waals surface area contributed by atoms with Crippen molar-refractivity contribution in [2.45, 2.75) is 18.0 Å². The first-order chi connectivity index (χ1) is 14.5. The molecule has 1 spiro atoms. The Bertz CT molecular complexity index is 1100. The molecular weight excluding hydrogens is 381 g/mol. The summed E-state index contributed by atoms with van der Waals surface area (Å²) in [6.07, 6.45) is 0. The number of aliphatic hydroxyl groups excluding tert-OH is 1. The summed E-state index contributed by atoms with van der Waals surface area (Å²) in [4.78, 5) is 4.66. The van der Waals surface area contributed by atoms with Crippen molar-refractivity contribution < 1.29 is 14.2 Å². The van der Waals surface area contributed by atoms with Crippen LogP contribution in [0.1, 0.15) is 22.9 Å². The number of likely N-dealkylation sites (N-methyl/N-ethyl adjacent to an activating group) is 1. The third kappa shape index (κ3) is 2.86. The zero-order valence-corrected chi connectivity index (χ0v) is 17.7. The van der Waals surface area contributed by atoms with Gasteiger partial charge in [-0.15, -0.1) is 0 Å². The summed E-state index contributed by atoms with van der Waals surface area (Å²) < 4.78 is 21.5. The maximum Gasteiger partial charge on any atom is 0.123 e. The third-order valence-electron chi connectivity index (χ3n) is 6.84. The number of hydrogen-bond donors (Lipinski definition) is 1. The number of rotatable bonds is 4. The molecule has 3 aromatic rings. The van der Waals surface area contributed by atoms with Crippen LogP contribution in [0.5, 0.6) is 5.75 Å². The summed E-state index contributed by atoms with van der Waals surface area (Å²) in [5.74, 6) is 0.609. The Morgan fingerprint density at radius 2 is 1.93 bits per heavy atom. The fourth-order valence-corrected chi connectivity index (χ4v) is 5.74. The molecule has 0 saturated carbocycles. The van der Waals surface area contributed by atoms with Crippen LogP contribution >= 0.6 is 0 Å². The van der Waals surface area contributed by atoms with Gasteiger partial charge in [0.1, 0.15) is 11.6 Å². The molecule has 2 aromatic carbocycles. The molecule has 0 unspecified atom stereocenters. The number of methoxy groups -OCH3 is 1. The zero-order valence-electron chi connectivity index (χ0n) is 17.7. The molecule has 3 heterocycles. The maximum absolute atomic E-state index is 13.8. The molecule has 0 aliphatic carbocycles. The van der Waals surface area contributed by atoms with Crippen molar-refractivity contribution in [2.24, 2.45) is 7.05 Å². The SMILES string of the molecule is COc1ccc2c3c(n(C)c2c1)[C@@H](CO)N(Cc1cccc(F)c1)CC31CN(C)C1. The molecule has 1 fully saturated rings. The van der Waals surface area contributed by atoms with Gasteiger partial charge in [-0.05, 0) is 42.4 Å². The topological polar surface area (TPSA) is 40.9 Å². The standard InChI is InChI=1S/C24H28FN3O2/c1-26-13-24(14-26)15-28(11-16-5-4-6-17(25)9-16)21(12-29)23-22(24)19-8-7-18(30-3)10-20(19)27(23)2/h4-10,21,29H,11-15H2,1-3H3/t21-/m1/s1. The predicted molar refractivity (Wildman–Crippen MR) is 115 cm³/mol. The summed E-state index contributed by atoms with van der Waals surface area (Å²) >= 11 is 0. The Kier molecular flexibility index (Phi) is 4.61. The Morgan fingerprint density at radius 3 is 2.60 bits per heavy atom. The highest BCUT2D eigenvalue weighted by Gasteiger charge is 2.52. The van der Waals surface area contributed by atoms with E-state index in [2.05, 4.69) is 40.6 Å². The van der Waals surface area contributed by atoms with Crippen LogP contribution in [0.25, 0.3) is 10.9 Å². The van der Waals surface area contributed by atoms with Gasteiger partial charge in [-0.3, -0.25) is 4.90 Å². The van der Waals surface area contributed by atoms with Crippen LogP contribution in [0.3, 0.4) is 0 Å². The van der Waals surface area contributed by atoms with Crippen molar-refractivity contribution in [1.29, 1.82) is 0 Å². The molecule has 1 atom stereocenters. The first-order valence-electron chi connectivity index (χ1n) is 10.4. The summed E-state index contributed by atoms with van der Waals surface area (Å²) in [6, 6.07) is 12.9. The highest BCUT2D eigenvalue weighted by molar-refractivity contribution is 5.89. The number of likely N-dealkylation sites (tertiary alicyclic amines) is 1. The molecule has 158 valence electrons. The molecule has 1 N–H and O–H groups in total. The summed E-state index contributed by atoms with van der Waals surface area (Å²) in [6.45, 7) is 3.43. The Labute approximate surface area is 176 Å². The summed E-state index contributed by atoms with van der Waals surface area (Å²) in [7, 11) is 5.91. The maximum atomic E-state index is 13.8. The first kappa shape index (κ1) is 19.5. The number of hydrogen-bond acceptors (Lipinski definition) is 4. The minimum absolute atomic E-state index is 0.0111. The lowest BCUT2D eigenvalue weighted by Crippen LogP contribution is -2.65. The van der Waals surface area contributed by atoms with E-state index in [4.69, 9.17) is 4.74 Å². The summed E-state index contributed by atoms with van der Waals surface area (Å²) in [5, 5.41) is 11.7. The molecule has 0 bridgehead atoms. The molecule has 5 rings (SSSR count). The molecule has 5 nitrogen and oxygen atoms in total. The predicted octanol–water partition coefficient (Wildman–Crippen LogP) is 3.06.